The average molecular weight is 370 g/mol. The van der Waals surface area contributed by atoms with Gasteiger partial charge in [-0.3, -0.25) is 0 Å². The van der Waals surface area contributed by atoms with Crippen molar-refractivity contribution in [3.05, 3.63) is 72.8 Å². The molecule has 7 heteroatoms. The van der Waals surface area contributed by atoms with E-state index in [1.54, 1.807) is 30.3 Å². The van der Waals surface area contributed by atoms with Crippen molar-refractivity contribution < 1.29 is 33.3 Å². The Labute approximate surface area is 156 Å². The highest BCUT2D eigenvalue weighted by molar-refractivity contribution is 5.95. The maximum atomic E-state index is 11.8. The summed E-state index contributed by atoms with van der Waals surface area (Å²) in [7, 11) is 0. The van der Waals surface area contributed by atoms with Crippen LogP contribution in [0.15, 0.2) is 67.3 Å². The molecule has 2 aromatic carbocycles. The van der Waals surface area contributed by atoms with Gasteiger partial charge in [0.1, 0.15) is 11.5 Å². The number of carbonyl (C=O) groups excluding carboxylic acids is 3. The zero-order chi connectivity index (χ0) is 19.5. The van der Waals surface area contributed by atoms with Gasteiger partial charge in [-0.2, -0.15) is 0 Å². The summed E-state index contributed by atoms with van der Waals surface area (Å²) in [6, 6.07) is 14.3. The van der Waals surface area contributed by atoms with E-state index in [1.807, 2.05) is 0 Å². The summed E-state index contributed by atoms with van der Waals surface area (Å²) in [6.45, 7) is 3.87. The molecule has 7 nitrogen and oxygen atoms in total. The molecule has 0 atom stereocenters. The van der Waals surface area contributed by atoms with Gasteiger partial charge in [0.05, 0.1) is 18.8 Å². The Balaban J connectivity index is 1.73. The lowest BCUT2D eigenvalue weighted by Crippen LogP contribution is -2.16. The van der Waals surface area contributed by atoms with Crippen LogP contribution in [0.3, 0.4) is 0 Å². The van der Waals surface area contributed by atoms with E-state index in [-0.39, 0.29) is 17.9 Å². The van der Waals surface area contributed by atoms with Gasteiger partial charge < -0.3 is 18.9 Å². The molecule has 0 saturated carbocycles. The summed E-state index contributed by atoms with van der Waals surface area (Å²) in [5, 5.41) is 0. The number of carbonyl (C=O) groups is 3. The first-order valence-corrected chi connectivity index (χ1v) is 8.09. The fraction of sp³-hybridized carbons (Fsp3) is 0.150. The molecule has 0 unspecified atom stereocenters. The number of hydrogen-bond donors (Lipinski definition) is 0. The lowest BCUT2D eigenvalue weighted by molar-refractivity contribution is -0.137. The smallest absolute Gasteiger partial charge is 0.493 e. The molecular formula is C20H18O7. The number of hydrogen-bond acceptors (Lipinski definition) is 7. The van der Waals surface area contributed by atoms with Crippen molar-refractivity contribution >= 4 is 18.1 Å². The number of benzene rings is 2. The summed E-state index contributed by atoms with van der Waals surface area (Å²) in [5.74, 6) is -0.522. The maximum absolute atomic E-state index is 11.8. The van der Waals surface area contributed by atoms with E-state index in [0.29, 0.717) is 18.8 Å². The Morgan fingerprint density at radius 2 is 1.56 bits per heavy atom. The molecule has 2 rings (SSSR count). The van der Waals surface area contributed by atoms with E-state index in [2.05, 4.69) is 11.3 Å². The van der Waals surface area contributed by atoms with Crippen LogP contribution in [0.4, 0.5) is 4.79 Å². The highest BCUT2D eigenvalue weighted by Crippen LogP contribution is 2.18. The second-order valence-corrected chi connectivity index (χ2v) is 5.15. The zero-order valence-electron chi connectivity index (χ0n) is 14.5. The third kappa shape index (κ3) is 7.03. The Hall–Kier alpha value is -3.61. The van der Waals surface area contributed by atoms with E-state index >= 15 is 0 Å². The minimum Gasteiger partial charge on any atom is -0.493 e. The van der Waals surface area contributed by atoms with Crippen molar-refractivity contribution in [1.29, 1.82) is 0 Å². The SMILES string of the molecule is C=CC(=O)OCCCOc1ccc(OC(=O)OC(=O)c2ccccc2)cc1. The van der Waals surface area contributed by atoms with Crippen LogP contribution in [0.25, 0.3) is 0 Å². The van der Waals surface area contributed by atoms with Gasteiger partial charge >= 0.3 is 18.1 Å². The third-order valence-corrected chi connectivity index (χ3v) is 3.18. The van der Waals surface area contributed by atoms with Crippen molar-refractivity contribution in [2.45, 2.75) is 6.42 Å². The van der Waals surface area contributed by atoms with Crippen molar-refractivity contribution in [1.82, 2.24) is 0 Å². The normalized spacial score (nSPS) is 9.78. The molecule has 0 radical (unpaired) electrons. The predicted octanol–water partition coefficient (Wildman–Crippen LogP) is 3.54. The molecule has 140 valence electrons. The first-order chi connectivity index (χ1) is 13.1. The molecular weight excluding hydrogens is 352 g/mol. The van der Waals surface area contributed by atoms with Gasteiger partial charge in [-0.05, 0) is 36.4 Å². The molecule has 2 aromatic rings. The molecule has 0 heterocycles. The summed E-state index contributed by atoms with van der Waals surface area (Å²) >= 11 is 0. The van der Waals surface area contributed by atoms with Gasteiger partial charge in [0.25, 0.3) is 0 Å². The monoisotopic (exact) mass is 370 g/mol. The van der Waals surface area contributed by atoms with E-state index < -0.39 is 18.1 Å². The van der Waals surface area contributed by atoms with E-state index in [4.69, 9.17) is 14.2 Å². The molecule has 0 fully saturated rings. The highest BCUT2D eigenvalue weighted by atomic mass is 16.7. The number of ether oxygens (including phenoxy) is 4. The first kappa shape index (κ1) is 19.7. The Kier molecular flexibility index (Phi) is 7.59. The molecule has 0 saturated heterocycles. The predicted molar refractivity (Wildman–Crippen MR) is 95.6 cm³/mol. The molecule has 27 heavy (non-hydrogen) atoms. The standard InChI is InChI=1S/C20H18O7/c1-2-18(21)25-14-6-13-24-16-9-11-17(12-10-16)26-20(23)27-19(22)15-7-4-3-5-8-15/h2-5,7-12H,1,6,13-14H2. The van der Waals surface area contributed by atoms with Crippen molar-refractivity contribution in [2.75, 3.05) is 13.2 Å². The van der Waals surface area contributed by atoms with Crippen LogP contribution >= 0.6 is 0 Å². The van der Waals surface area contributed by atoms with Crippen molar-refractivity contribution in [2.24, 2.45) is 0 Å². The van der Waals surface area contributed by atoms with Gasteiger partial charge in [-0.1, -0.05) is 24.8 Å². The van der Waals surface area contributed by atoms with Gasteiger partial charge in [-0.25, -0.2) is 14.4 Å². The Bertz CT molecular complexity index is 782. The van der Waals surface area contributed by atoms with E-state index in [1.165, 1.54) is 24.3 Å². The van der Waals surface area contributed by atoms with Crippen molar-refractivity contribution in [3.63, 3.8) is 0 Å². The molecule has 0 bridgehead atoms. The summed E-state index contributed by atoms with van der Waals surface area (Å²) in [5.41, 5.74) is 0.247. The zero-order valence-corrected chi connectivity index (χ0v) is 14.5. The minimum atomic E-state index is -1.12. The Morgan fingerprint density at radius 3 is 2.22 bits per heavy atom. The molecule has 0 aliphatic rings. The van der Waals surface area contributed by atoms with Gasteiger partial charge in [-0.15, -0.1) is 0 Å². The van der Waals surface area contributed by atoms with Crippen LogP contribution in [0, 0.1) is 0 Å². The van der Waals surface area contributed by atoms with Gasteiger partial charge in [0, 0.05) is 12.5 Å². The molecule has 0 N–H and O–H groups in total. The molecule has 0 aliphatic heterocycles. The second kappa shape index (κ2) is 10.4. The number of esters is 2. The van der Waals surface area contributed by atoms with Crippen LogP contribution in [0.2, 0.25) is 0 Å². The molecule has 0 spiro atoms. The average Bonchev–Trinajstić information content (AvgIpc) is 2.69. The van der Waals surface area contributed by atoms with Crippen LogP contribution < -0.4 is 9.47 Å². The molecule has 0 aliphatic carbocycles. The van der Waals surface area contributed by atoms with Crippen LogP contribution in [-0.4, -0.2) is 31.3 Å². The third-order valence-electron chi connectivity index (χ3n) is 3.18. The van der Waals surface area contributed by atoms with Crippen LogP contribution in [-0.2, 0) is 14.3 Å². The topological polar surface area (TPSA) is 88.1 Å². The quantitative estimate of drug-likeness (QED) is 0.231. The van der Waals surface area contributed by atoms with E-state index in [9.17, 15) is 14.4 Å². The Morgan fingerprint density at radius 1 is 0.889 bits per heavy atom. The first-order valence-electron chi connectivity index (χ1n) is 8.09. The molecule has 0 aromatic heterocycles. The van der Waals surface area contributed by atoms with Gasteiger partial charge in [0.15, 0.2) is 0 Å². The lowest BCUT2D eigenvalue weighted by Gasteiger charge is -2.08. The van der Waals surface area contributed by atoms with Crippen LogP contribution in [0.1, 0.15) is 16.8 Å². The highest BCUT2D eigenvalue weighted by Gasteiger charge is 2.14. The van der Waals surface area contributed by atoms with Crippen molar-refractivity contribution in [3.8, 4) is 11.5 Å². The van der Waals surface area contributed by atoms with Crippen LogP contribution in [0.5, 0.6) is 11.5 Å². The largest absolute Gasteiger partial charge is 0.521 e. The van der Waals surface area contributed by atoms with E-state index in [0.717, 1.165) is 6.08 Å². The fourth-order valence-electron chi connectivity index (χ4n) is 1.91. The van der Waals surface area contributed by atoms with Gasteiger partial charge in [0.2, 0.25) is 0 Å². The molecule has 0 amide bonds. The lowest BCUT2D eigenvalue weighted by atomic mass is 10.2. The fourth-order valence-corrected chi connectivity index (χ4v) is 1.91. The summed E-state index contributed by atoms with van der Waals surface area (Å²) in [6.07, 6.45) is 0.491. The summed E-state index contributed by atoms with van der Waals surface area (Å²) < 4.78 is 19.8. The second-order valence-electron chi connectivity index (χ2n) is 5.15. The number of rotatable bonds is 8. The maximum Gasteiger partial charge on any atom is 0.521 e. The minimum absolute atomic E-state index is 0.202. The summed E-state index contributed by atoms with van der Waals surface area (Å²) in [4.78, 5) is 34.3.